The summed E-state index contributed by atoms with van der Waals surface area (Å²) in [6.45, 7) is 11.5. The molecule has 1 radical (unpaired) electrons. The van der Waals surface area contributed by atoms with Crippen molar-refractivity contribution >= 4 is 8.38 Å². The third-order valence-corrected chi connectivity index (χ3v) is 7.18. The van der Waals surface area contributed by atoms with Crippen LogP contribution < -0.4 is 0 Å². The van der Waals surface area contributed by atoms with E-state index in [1.165, 1.54) is 0 Å². The van der Waals surface area contributed by atoms with Crippen molar-refractivity contribution in [1.29, 1.82) is 0 Å². The van der Waals surface area contributed by atoms with E-state index in [1.807, 2.05) is 6.66 Å². The van der Waals surface area contributed by atoms with Gasteiger partial charge < -0.3 is 19.3 Å². The van der Waals surface area contributed by atoms with Crippen LogP contribution in [0.5, 0.6) is 0 Å². The second-order valence-electron chi connectivity index (χ2n) is 7.64. The molecule has 139 valence electrons. The first-order valence-corrected chi connectivity index (χ1v) is 10.3. The fraction of sp³-hybridized carbons (Fsp3) is 1.00. The molecule has 2 saturated carbocycles. The Morgan fingerprint density at radius 1 is 1.00 bits per heavy atom. The van der Waals surface area contributed by atoms with Crippen LogP contribution in [0.2, 0.25) is 0 Å². The molecular formula is C17H33O4PWY. The van der Waals surface area contributed by atoms with Crippen molar-refractivity contribution < 1.29 is 73.0 Å². The van der Waals surface area contributed by atoms with E-state index in [4.69, 9.17) is 9.05 Å². The Balaban J connectivity index is 0.00000264. The third kappa shape index (κ3) is 6.30. The Labute approximate surface area is 188 Å². The van der Waals surface area contributed by atoms with Gasteiger partial charge in [0.15, 0.2) is 8.38 Å². The molecule has 2 rings (SSSR count). The molecule has 2 aliphatic carbocycles. The fourth-order valence-corrected chi connectivity index (χ4v) is 5.28. The number of rotatable bonds is 6. The van der Waals surface area contributed by atoms with Crippen LogP contribution in [0.3, 0.4) is 0 Å². The van der Waals surface area contributed by atoms with Crippen LogP contribution in [-0.2, 0) is 62.8 Å². The largest absolute Gasteiger partial charge is 0.396 e. The van der Waals surface area contributed by atoms with Gasteiger partial charge in [-0.2, -0.15) is 0 Å². The van der Waals surface area contributed by atoms with Gasteiger partial charge in [0.25, 0.3) is 0 Å². The van der Waals surface area contributed by atoms with E-state index in [2.05, 4.69) is 27.7 Å². The molecule has 0 aromatic heterocycles. The van der Waals surface area contributed by atoms with Crippen LogP contribution in [-0.4, -0.2) is 42.3 Å². The van der Waals surface area contributed by atoms with Gasteiger partial charge in [-0.15, -0.1) is 0 Å². The van der Waals surface area contributed by atoms with Crippen molar-refractivity contribution in [1.82, 2.24) is 0 Å². The van der Waals surface area contributed by atoms with Crippen LogP contribution in [0.4, 0.5) is 0 Å². The Morgan fingerprint density at radius 2 is 1.54 bits per heavy atom. The van der Waals surface area contributed by atoms with E-state index in [1.54, 1.807) is 0 Å². The van der Waals surface area contributed by atoms with E-state index in [-0.39, 0.29) is 84.4 Å². The maximum Gasteiger partial charge on any atom is 0.167 e. The van der Waals surface area contributed by atoms with Crippen molar-refractivity contribution in [3.05, 3.63) is 0 Å². The summed E-state index contributed by atoms with van der Waals surface area (Å²) in [7, 11) is -0.956. The Kier molecular flexibility index (Phi) is 12.8. The minimum absolute atomic E-state index is 0. The average molecular weight is 605 g/mol. The van der Waals surface area contributed by atoms with E-state index >= 15 is 0 Å². The topological polar surface area (TPSA) is 58.9 Å². The van der Waals surface area contributed by atoms with E-state index < -0.39 is 8.38 Å². The number of aliphatic hydroxyl groups is 2. The maximum atomic E-state index is 10.2. The van der Waals surface area contributed by atoms with E-state index in [9.17, 15) is 10.2 Å². The van der Waals surface area contributed by atoms with E-state index in [0.29, 0.717) is 30.3 Å². The molecule has 4 nitrogen and oxygen atoms in total. The van der Waals surface area contributed by atoms with Crippen LogP contribution in [0, 0.1) is 35.5 Å². The Bertz CT molecular complexity index is 365. The molecule has 2 N–H and O–H groups in total. The minimum atomic E-state index is -0.956. The van der Waals surface area contributed by atoms with Crippen molar-refractivity contribution in [2.75, 3.05) is 19.9 Å². The van der Waals surface area contributed by atoms with Gasteiger partial charge in [0.2, 0.25) is 0 Å². The molecule has 0 saturated heterocycles. The molecule has 0 aromatic carbocycles. The summed E-state index contributed by atoms with van der Waals surface area (Å²) < 4.78 is 12.1. The molecule has 0 amide bonds. The van der Waals surface area contributed by atoms with Gasteiger partial charge >= 0.3 is 0 Å². The van der Waals surface area contributed by atoms with Gasteiger partial charge in [-0.3, -0.25) is 0 Å². The minimum Gasteiger partial charge on any atom is -0.396 e. The molecule has 9 atom stereocenters. The van der Waals surface area contributed by atoms with Crippen LogP contribution in [0.25, 0.3) is 0 Å². The van der Waals surface area contributed by atoms with Gasteiger partial charge in [-0.05, 0) is 36.5 Å². The van der Waals surface area contributed by atoms with Crippen molar-refractivity contribution in [3.63, 3.8) is 0 Å². The average Bonchev–Trinajstić information content (AvgIpc) is 2.90. The molecule has 24 heavy (non-hydrogen) atoms. The zero-order valence-corrected chi connectivity index (χ0v) is 22.3. The van der Waals surface area contributed by atoms with Crippen LogP contribution in [0.15, 0.2) is 0 Å². The molecule has 0 aliphatic heterocycles. The van der Waals surface area contributed by atoms with Crippen molar-refractivity contribution in [2.24, 2.45) is 35.5 Å². The molecular weight excluding hydrogens is 572 g/mol. The molecule has 2 fully saturated rings. The summed E-state index contributed by atoms with van der Waals surface area (Å²) in [6, 6.07) is 0. The zero-order valence-electron chi connectivity index (χ0n) is 15.6. The zero-order chi connectivity index (χ0) is 16.4. The fourth-order valence-electron chi connectivity index (χ4n) is 4.11. The van der Waals surface area contributed by atoms with Gasteiger partial charge in [-0.25, -0.2) is 0 Å². The monoisotopic (exact) mass is 605 g/mol. The Morgan fingerprint density at radius 3 is 2.04 bits per heavy atom. The summed E-state index contributed by atoms with van der Waals surface area (Å²) in [5.74, 6) is 2.42. The molecule has 7 heteroatoms. The van der Waals surface area contributed by atoms with Crippen LogP contribution >= 0.6 is 8.38 Å². The predicted molar refractivity (Wildman–Crippen MR) is 89.6 cm³/mol. The van der Waals surface area contributed by atoms with Crippen molar-refractivity contribution in [2.45, 2.75) is 52.7 Å². The third-order valence-electron chi connectivity index (χ3n) is 6.12. The maximum absolute atomic E-state index is 10.2. The smallest absolute Gasteiger partial charge is 0.167 e. The second-order valence-corrected chi connectivity index (χ2v) is 8.99. The summed E-state index contributed by atoms with van der Waals surface area (Å²) in [5, 5.41) is 19.8. The SMILES string of the molecule is CC1CC(COP(C)OC2C(CO)CC(C)C2C)C(O)C1C.[W].[Y]. The van der Waals surface area contributed by atoms with Gasteiger partial charge in [0.05, 0.1) is 18.8 Å². The quantitative estimate of drug-likeness (QED) is 0.457. The number of aliphatic hydroxyl groups excluding tert-OH is 2. The number of hydrogen-bond acceptors (Lipinski definition) is 4. The second kappa shape index (κ2) is 11.8. The summed E-state index contributed by atoms with van der Waals surface area (Å²) >= 11 is 0. The molecule has 0 spiro atoms. The predicted octanol–water partition coefficient (Wildman–Crippen LogP) is 3.26. The van der Waals surface area contributed by atoms with E-state index in [0.717, 1.165) is 12.8 Å². The molecule has 9 unspecified atom stereocenters. The normalized spacial score (nSPS) is 43.1. The van der Waals surface area contributed by atoms with Gasteiger partial charge in [0.1, 0.15) is 0 Å². The summed E-state index contributed by atoms with van der Waals surface area (Å²) in [6.07, 6.45) is 1.90. The first-order chi connectivity index (χ1) is 10.3. The first kappa shape index (κ1) is 26.1. The summed E-state index contributed by atoms with van der Waals surface area (Å²) in [5.41, 5.74) is 0. The standard InChI is InChI=1S/C17H33O4P.W.Y/c1-10-7-15(16(19)12(10)3)9-20-22(5)21-17-13(4)11(2)6-14(17)8-18;;/h10-19H,6-9H2,1-5H3;;. The Hall–Kier alpha value is 2.06. The molecule has 0 bridgehead atoms. The van der Waals surface area contributed by atoms with Crippen LogP contribution in [0.1, 0.15) is 40.5 Å². The molecule has 2 aliphatic rings. The molecule has 0 heterocycles. The summed E-state index contributed by atoms with van der Waals surface area (Å²) in [4.78, 5) is 0. The number of hydrogen-bond donors (Lipinski definition) is 2. The van der Waals surface area contributed by atoms with Gasteiger partial charge in [-0.1, -0.05) is 27.7 Å². The van der Waals surface area contributed by atoms with Crippen molar-refractivity contribution in [3.8, 4) is 0 Å². The first-order valence-electron chi connectivity index (χ1n) is 8.67. The van der Waals surface area contributed by atoms with Gasteiger partial charge in [0, 0.05) is 78.9 Å². The molecule has 0 aromatic rings.